The van der Waals surface area contributed by atoms with Gasteiger partial charge in [0.1, 0.15) is 5.82 Å². The molecule has 1 fully saturated rings. The minimum Gasteiger partial charge on any atom is -0.352 e. The molecule has 0 heterocycles. The van der Waals surface area contributed by atoms with Crippen molar-refractivity contribution in [1.29, 1.82) is 0 Å². The zero-order valence-electron chi connectivity index (χ0n) is 12.4. The molecular weight excluding hydrogens is 271 g/mol. The van der Waals surface area contributed by atoms with E-state index in [-0.39, 0.29) is 30.2 Å². The molecule has 1 aliphatic carbocycles. The van der Waals surface area contributed by atoms with E-state index in [9.17, 15) is 14.0 Å². The molecule has 2 rings (SSSR count). The number of amides is 2. The fourth-order valence-corrected chi connectivity index (χ4v) is 2.65. The van der Waals surface area contributed by atoms with Crippen molar-refractivity contribution < 1.29 is 14.0 Å². The zero-order valence-corrected chi connectivity index (χ0v) is 12.4. The second kappa shape index (κ2) is 6.24. The van der Waals surface area contributed by atoms with Crippen LogP contribution in [0.3, 0.4) is 0 Å². The van der Waals surface area contributed by atoms with Crippen molar-refractivity contribution in [1.82, 2.24) is 10.6 Å². The van der Waals surface area contributed by atoms with E-state index in [4.69, 9.17) is 0 Å². The first-order valence-corrected chi connectivity index (χ1v) is 7.28. The standard InChI is InChI=1S/C16H21FN2O2/c1-11(2)19-14(20)10-18-15(21)16(8-3-9-16)12-4-6-13(17)7-5-12/h4-7,11H,3,8-10H2,1-2H3,(H,18,21)(H,19,20). The van der Waals surface area contributed by atoms with Crippen molar-refractivity contribution >= 4 is 11.8 Å². The molecule has 0 aromatic heterocycles. The first kappa shape index (κ1) is 15.5. The molecule has 0 aliphatic heterocycles. The van der Waals surface area contributed by atoms with Crippen LogP contribution in [0.15, 0.2) is 24.3 Å². The highest BCUT2D eigenvalue weighted by molar-refractivity contribution is 5.92. The van der Waals surface area contributed by atoms with Crippen molar-refractivity contribution in [2.75, 3.05) is 6.54 Å². The van der Waals surface area contributed by atoms with E-state index < -0.39 is 5.41 Å². The summed E-state index contributed by atoms with van der Waals surface area (Å²) in [6, 6.07) is 6.09. The molecule has 5 heteroatoms. The van der Waals surface area contributed by atoms with Gasteiger partial charge in [0.2, 0.25) is 11.8 Å². The number of carbonyl (C=O) groups excluding carboxylic acids is 2. The van der Waals surface area contributed by atoms with Gasteiger partial charge in [0, 0.05) is 6.04 Å². The lowest BCUT2D eigenvalue weighted by molar-refractivity contribution is -0.132. The van der Waals surface area contributed by atoms with Gasteiger partial charge in [-0.25, -0.2) is 4.39 Å². The summed E-state index contributed by atoms with van der Waals surface area (Å²) in [6.07, 6.45) is 2.43. The van der Waals surface area contributed by atoms with Gasteiger partial charge in [0.05, 0.1) is 12.0 Å². The Morgan fingerprint density at radius 3 is 2.33 bits per heavy atom. The van der Waals surface area contributed by atoms with Gasteiger partial charge in [-0.15, -0.1) is 0 Å². The Morgan fingerprint density at radius 1 is 1.24 bits per heavy atom. The molecule has 0 radical (unpaired) electrons. The molecule has 1 saturated carbocycles. The summed E-state index contributed by atoms with van der Waals surface area (Å²) in [6.45, 7) is 3.71. The van der Waals surface area contributed by atoms with E-state index in [1.165, 1.54) is 12.1 Å². The summed E-state index contributed by atoms with van der Waals surface area (Å²) >= 11 is 0. The summed E-state index contributed by atoms with van der Waals surface area (Å²) in [5, 5.41) is 5.43. The predicted octanol–water partition coefficient (Wildman–Crippen LogP) is 1.89. The Kier molecular flexibility index (Phi) is 4.60. The monoisotopic (exact) mass is 292 g/mol. The molecule has 114 valence electrons. The highest BCUT2D eigenvalue weighted by atomic mass is 19.1. The molecule has 0 spiro atoms. The van der Waals surface area contributed by atoms with E-state index in [2.05, 4.69) is 10.6 Å². The number of hydrogen-bond donors (Lipinski definition) is 2. The molecule has 0 bridgehead atoms. The molecule has 4 nitrogen and oxygen atoms in total. The predicted molar refractivity (Wildman–Crippen MR) is 78.2 cm³/mol. The van der Waals surface area contributed by atoms with Gasteiger partial charge in [0.25, 0.3) is 0 Å². The third kappa shape index (κ3) is 3.40. The average molecular weight is 292 g/mol. The third-order valence-corrected chi connectivity index (χ3v) is 3.90. The molecule has 0 unspecified atom stereocenters. The summed E-state index contributed by atoms with van der Waals surface area (Å²) in [5.74, 6) is -0.670. The summed E-state index contributed by atoms with van der Waals surface area (Å²) in [5.41, 5.74) is 0.211. The smallest absolute Gasteiger partial charge is 0.239 e. The maximum Gasteiger partial charge on any atom is 0.239 e. The normalized spacial score (nSPS) is 16.2. The molecule has 1 aliphatic rings. The van der Waals surface area contributed by atoms with Crippen molar-refractivity contribution in [3.05, 3.63) is 35.6 Å². The highest BCUT2D eigenvalue weighted by Gasteiger charge is 2.45. The Balaban J connectivity index is 2.02. The SMILES string of the molecule is CC(C)NC(=O)CNC(=O)C1(c2ccc(F)cc2)CCC1. The van der Waals surface area contributed by atoms with Gasteiger partial charge in [-0.05, 0) is 44.4 Å². The van der Waals surface area contributed by atoms with Crippen LogP contribution in [-0.2, 0) is 15.0 Å². The molecule has 2 amide bonds. The molecule has 0 atom stereocenters. The average Bonchev–Trinajstić information content (AvgIpc) is 2.36. The third-order valence-electron chi connectivity index (χ3n) is 3.90. The van der Waals surface area contributed by atoms with Crippen LogP contribution in [0.5, 0.6) is 0 Å². The number of benzene rings is 1. The summed E-state index contributed by atoms with van der Waals surface area (Å²) < 4.78 is 13.0. The second-order valence-corrected chi connectivity index (χ2v) is 5.85. The van der Waals surface area contributed by atoms with Gasteiger partial charge in [-0.1, -0.05) is 18.6 Å². The number of nitrogens with one attached hydrogen (secondary N) is 2. The lowest BCUT2D eigenvalue weighted by Crippen LogP contribution is -2.51. The molecule has 0 saturated heterocycles. The van der Waals surface area contributed by atoms with Crippen LogP contribution in [0.2, 0.25) is 0 Å². The van der Waals surface area contributed by atoms with Crippen molar-refractivity contribution in [3.8, 4) is 0 Å². The Bertz CT molecular complexity index is 522. The lowest BCUT2D eigenvalue weighted by Gasteiger charge is -2.40. The Hall–Kier alpha value is -1.91. The van der Waals surface area contributed by atoms with Crippen molar-refractivity contribution in [2.24, 2.45) is 0 Å². The number of hydrogen-bond acceptors (Lipinski definition) is 2. The van der Waals surface area contributed by atoms with Crippen LogP contribution in [-0.4, -0.2) is 24.4 Å². The summed E-state index contributed by atoms with van der Waals surface area (Å²) in [7, 11) is 0. The topological polar surface area (TPSA) is 58.2 Å². The lowest BCUT2D eigenvalue weighted by atomic mass is 9.64. The minimum absolute atomic E-state index is 0.0278. The van der Waals surface area contributed by atoms with Gasteiger partial charge in [0.15, 0.2) is 0 Å². The summed E-state index contributed by atoms with van der Waals surface area (Å²) in [4.78, 5) is 24.0. The van der Waals surface area contributed by atoms with Gasteiger partial charge >= 0.3 is 0 Å². The fourth-order valence-electron chi connectivity index (χ4n) is 2.65. The van der Waals surface area contributed by atoms with Crippen molar-refractivity contribution in [3.63, 3.8) is 0 Å². The largest absolute Gasteiger partial charge is 0.352 e. The van der Waals surface area contributed by atoms with Crippen LogP contribution >= 0.6 is 0 Å². The van der Waals surface area contributed by atoms with Crippen LogP contribution in [0.4, 0.5) is 4.39 Å². The van der Waals surface area contributed by atoms with Crippen molar-refractivity contribution in [2.45, 2.75) is 44.6 Å². The van der Waals surface area contributed by atoms with E-state index in [0.29, 0.717) is 0 Å². The van der Waals surface area contributed by atoms with Gasteiger partial charge < -0.3 is 10.6 Å². The van der Waals surface area contributed by atoms with E-state index in [1.807, 2.05) is 13.8 Å². The maximum atomic E-state index is 13.0. The number of halogens is 1. The van der Waals surface area contributed by atoms with Crippen LogP contribution < -0.4 is 10.6 Å². The number of rotatable bonds is 5. The quantitative estimate of drug-likeness (QED) is 0.870. The molecular formula is C16H21FN2O2. The fraction of sp³-hybridized carbons (Fsp3) is 0.500. The highest BCUT2D eigenvalue weighted by Crippen LogP contribution is 2.43. The Morgan fingerprint density at radius 2 is 1.86 bits per heavy atom. The van der Waals surface area contributed by atoms with Crippen LogP contribution in [0.25, 0.3) is 0 Å². The number of carbonyl (C=O) groups is 2. The van der Waals surface area contributed by atoms with Gasteiger partial charge in [-0.2, -0.15) is 0 Å². The maximum absolute atomic E-state index is 13.0. The zero-order chi connectivity index (χ0) is 15.5. The second-order valence-electron chi connectivity index (χ2n) is 5.85. The molecule has 1 aromatic rings. The molecule has 21 heavy (non-hydrogen) atoms. The first-order chi connectivity index (χ1) is 9.94. The van der Waals surface area contributed by atoms with Gasteiger partial charge in [-0.3, -0.25) is 9.59 Å². The van der Waals surface area contributed by atoms with Crippen LogP contribution in [0, 0.1) is 5.82 Å². The van der Waals surface area contributed by atoms with E-state index in [0.717, 1.165) is 24.8 Å². The minimum atomic E-state index is -0.605. The molecule has 2 N–H and O–H groups in total. The van der Waals surface area contributed by atoms with E-state index >= 15 is 0 Å². The first-order valence-electron chi connectivity index (χ1n) is 7.28. The Labute approximate surface area is 124 Å². The van der Waals surface area contributed by atoms with E-state index in [1.54, 1.807) is 12.1 Å². The molecule has 1 aromatic carbocycles. The van der Waals surface area contributed by atoms with Crippen LogP contribution in [0.1, 0.15) is 38.7 Å².